The molecule has 1 aromatic carbocycles. The van der Waals surface area contributed by atoms with E-state index in [1.807, 2.05) is 13.8 Å². The van der Waals surface area contributed by atoms with Gasteiger partial charge in [0.15, 0.2) is 11.6 Å². The van der Waals surface area contributed by atoms with Crippen LogP contribution in [0.2, 0.25) is 5.02 Å². The van der Waals surface area contributed by atoms with E-state index in [2.05, 4.69) is 6.58 Å². The average Bonchev–Trinajstić information content (AvgIpc) is 2.68. The van der Waals surface area contributed by atoms with E-state index in [4.69, 9.17) is 25.6 Å². The van der Waals surface area contributed by atoms with Crippen molar-refractivity contribution in [1.82, 2.24) is 0 Å². The van der Waals surface area contributed by atoms with E-state index < -0.39 is 18.5 Å². The lowest BCUT2D eigenvalue weighted by atomic mass is 9.77. The SMILES string of the molecule is C=C1OB(c2cc(F)c3c(c2Cl)CCCO3)OC1(C)C. The zero-order valence-electron chi connectivity index (χ0n) is 11.5. The first-order chi connectivity index (χ1) is 9.40. The monoisotopic (exact) mass is 296 g/mol. The van der Waals surface area contributed by atoms with Gasteiger partial charge >= 0.3 is 7.12 Å². The van der Waals surface area contributed by atoms with Crippen LogP contribution in [0.4, 0.5) is 4.39 Å². The minimum Gasteiger partial charge on any atom is -0.534 e. The standard InChI is InChI=1S/C14H15BClFO3/c1-8-14(2,3)20-15(19-8)10-7-11(17)13-9(12(10)16)5-4-6-18-13/h7H,1,4-6H2,2-3H3. The molecule has 3 nitrogen and oxygen atoms in total. The van der Waals surface area contributed by atoms with Crippen LogP contribution in [0.25, 0.3) is 0 Å². The fraction of sp³-hybridized carbons (Fsp3) is 0.429. The summed E-state index contributed by atoms with van der Waals surface area (Å²) in [5, 5.41) is 0.455. The zero-order valence-corrected chi connectivity index (χ0v) is 12.2. The maximum absolute atomic E-state index is 14.1. The molecule has 2 aliphatic rings. The number of rotatable bonds is 1. The fourth-order valence-electron chi connectivity index (χ4n) is 2.41. The average molecular weight is 297 g/mol. The quantitative estimate of drug-likeness (QED) is 0.746. The maximum Gasteiger partial charge on any atom is 0.565 e. The van der Waals surface area contributed by atoms with E-state index >= 15 is 0 Å². The highest BCUT2D eigenvalue weighted by molar-refractivity contribution is 6.66. The van der Waals surface area contributed by atoms with Crippen LogP contribution in [0, 0.1) is 5.82 Å². The van der Waals surface area contributed by atoms with Crippen LogP contribution >= 0.6 is 11.6 Å². The molecule has 0 amide bonds. The van der Waals surface area contributed by atoms with Crippen molar-refractivity contribution in [2.24, 2.45) is 0 Å². The lowest BCUT2D eigenvalue weighted by Crippen LogP contribution is -2.36. The van der Waals surface area contributed by atoms with Gasteiger partial charge in [-0.15, -0.1) is 0 Å². The molecular formula is C14H15BClFO3. The molecule has 0 bridgehead atoms. The Balaban J connectivity index is 2.03. The van der Waals surface area contributed by atoms with E-state index in [0.717, 1.165) is 6.42 Å². The van der Waals surface area contributed by atoms with Crippen molar-refractivity contribution in [3.05, 3.63) is 34.8 Å². The summed E-state index contributed by atoms with van der Waals surface area (Å²) in [6, 6.07) is 1.33. The Labute approximate surface area is 122 Å². The summed E-state index contributed by atoms with van der Waals surface area (Å²) in [5.74, 6) is 0.329. The number of hydrogen-bond donors (Lipinski definition) is 0. The summed E-state index contributed by atoms with van der Waals surface area (Å²) in [7, 11) is -0.730. The number of halogens is 2. The zero-order chi connectivity index (χ0) is 14.5. The minimum absolute atomic E-state index is 0.251. The fourth-order valence-corrected chi connectivity index (χ4v) is 2.74. The Morgan fingerprint density at radius 2 is 2.20 bits per heavy atom. The molecule has 0 saturated carbocycles. The Kier molecular flexibility index (Phi) is 3.22. The van der Waals surface area contributed by atoms with Crippen molar-refractivity contribution in [1.29, 1.82) is 0 Å². The van der Waals surface area contributed by atoms with E-state index in [1.54, 1.807) is 0 Å². The van der Waals surface area contributed by atoms with Gasteiger partial charge in [-0.2, -0.15) is 0 Å². The molecule has 0 aromatic heterocycles. The number of benzene rings is 1. The largest absolute Gasteiger partial charge is 0.565 e. The lowest BCUT2D eigenvalue weighted by Gasteiger charge is -2.21. The number of hydrogen-bond acceptors (Lipinski definition) is 3. The molecule has 0 atom stereocenters. The number of fused-ring (bicyclic) bond motifs is 1. The minimum atomic E-state index is -0.730. The van der Waals surface area contributed by atoms with Crippen LogP contribution < -0.4 is 10.2 Å². The first kappa shape index (κ1) is 13.8. The van der Waals surface area contributed by atoms with Crippen LogP contribution in [-0.4, -0.2) is 19.3 Å². The third-order valence-corrected chi connectivity index (χ3v) is 4.13. The summed E-state index contributed by atoms with van der Waals surface area (Å²) in [6.45, 7) is 8.02. The predicted molar refractivity (Wildman–Crippen MR) is 76.0 cm³/mol. The van der Waals surface area contributed by atoms with Gasteiger partial charge in [0.2, 0.25) is 0 Å². The third-order valence-electron chi connectivity index (χ3n) is 3.69. The van der Waals surface area contributed by atoms with Crippen molar-refractivity contribution in [3.63, 3.8) is 0 Å². The Bertz CT molecular complexity index is 588. The molecule has 2 heterocycles. The summed E-state index contributed by atoms with van der Waals surface area (Å²) in [4.78, 5) is 0. The molecule has 0 aliphatic carbocycles. The predicted octanol–water partition coefficient (Wildman–Crippen LogP) is 2.84. The summed E-state index contributed by atoms with van der Waals surface area (Å²) in [5.41, 5.74) is 0.562. The van der Waals surface area contributed by atoms with Crippen LogP contribution in [0.5, 0.6) is 5.75 Å². The summed E-state index contributed by atoms with van der Waals surface area (Å²) >= 11 is 6.38. The van der Waals surface area contributed by atoms with Gasteiger partial charge in [0.25, 0.3) is 0 Å². The molecular weight excluding hydrogens is 281 g/mol. The van der Waals surface area contributed by atoms with E-state index in [0.29, 0.717) is 34.8 Å². The van der Waals surface area contributed by atoms with Gasteiger partial charge in [-0.05, 0) is 32.8 Å². The Morgan fingerprint density at radius 3 is 2.85 bits per heavy atom. The van der Waals surface area contributed by atoms with Crippen LogP contribution in [0.3, 0.4) is 0 Å². The summed E-state index contributed by atoms with van der Waals surface area (Å²) < 4.78 is 30.8. The van der Waals surface area contributed by atoms with Crippen molar-refractivity contribution in [2.75, 3.05) is 6.61 Å². The molecule has 3 rings (SSSR count). The smallest absolute Gasteiger partial charge is 0.534 e. The van der Waals surface area contributed by atoms with E-state index in [1.165, 1.54) is 6.07 Å². The molecule has 106 valence electrons. The van der Waals surface area contributed by atoms with Crippen LogP contribution in [-0.2, 0) is 15.7 Å². The highest BCUT2D eigenvalue weighted by atomic mass is 35.5. The second-order valence-electron chi connectivity index (χ2n) is 5.52. The van der Waals surface area contributed by atoms with Crippen molar-refractivity contribution in [2.45, 2.75) is 32.3 Å². The number of ether oxygens (including phenoxy) is 1. The Hall–Kier alpha value is -1.20. The molecule has 20 heavy (non-hydrogen) atoms. The third kappa shape index (κ3) is 2.09. The topological polar surface area (TPSA) is 27.7 Å². The van der Waals surface area contributed by atoms with Gasteiger partial charge in [-0.1, -0.05) is 18.2 Å². The molecule has 6 heteroatoms. The van der Waals surface area contributed by atoms with Crippen molar-refractivity contribution >= 4 is 24.2 Å². The first-order valence-corrected chi connectivity index (χ1v) is 6.95. The van der Waals surface area contributed by atoms with E-state index in [9.17, 15) is 4.39 Å². The highest BCUT2D eigenvalue weighted by Gasteiger charge is 2.44. The summed E-state index contributed by atoms with van der Waals surface area (Å²) in [6.07, 6.45) is 1.51. The van der Waals surface area contributed by atoms with Gasteiger partial charge < -0.3 is 14.0 Å². The molecule has 0 spiro atoms. The van der Waals surface area contributed by atoms with Crippen LogP contribution in [0.15, 0.2) is 18.4 Å². The molecule has 1 aromatic rings. The highest BCUT2D eigenvalue weighted by Crippen LogP contribution is 2.35. The van der Waals surface area contributed by atoms with Gasteiger partial charge in [0.05, 0.1) is 12.4 Å². The van der Waals surface area contributed by atoms with Gasteiger partial charge in [-0.3, -0.25) is 0 Å². The normalized spacial score (nSPS) is 20.4. The van der Waals surface area contributed by atoms with Crippen LogP contribution in [0.1, 0.15) is 25.8 Å². The van der Waals surface area contributed by atoms with Crippen molar-refractivity contribution < 1.29 is 18.4 Å². The van der Waals surface area contributed by atoms with Gasteiger partial charge in [0, 0.05) is 16.0 Å². The van der Waals surface area contributed by atoms with Gasteiger partial charge in [-0.25, -0.2) is 4.39 Å². The first-order valence-electron chi connectivity index (χ1n) is 6.57. The molecule has 0 unspecified atom stereocenters. The second-order valence-corrected chi connectivity index (χ2v) is 5.90. The molecule has 1 saturated heterocycles. The maximum atomic E-state index is 14.1. The van der Waals surface area contributed by atoms with E-state index in [-0.39, 0.29) is 5.75 Å². The molecule has 0 N–H and O–H groups in total. The molecule has 0 radical (unpaired) electrons. The van der Waals surface area contributed by atoms with Crippen molar-refractivity contribution in [3.8, 4) is 5.75 Å². The lowest BCUT2D eigenvalue weighted by molar-refractivity contribution is 0.173. The van der Waals surface area contributed by atoms with Gasteiger partial charge in [0.1, 0.15) is 5.60 Å². The second kappa shape index (κ2) is 4.67. The Morgan fingerprint density at radius 1 is 1.45 bits per heavy atom. The molecule has 2 aliphatic heterocycles. The molecule has 1 fully saturated rings.